The van der Waals surface area contributed by atoms with Gasteiger partial charge in [0.15, 0.2) is 5.78 Å². The van der Waals surface area contributed by atoms with Gasteiger partial charge in [-0.3, -0.25) is 23.6 Å². The van der Waals surface area contributed by atoms with Crippen LogP contribution in [0.1, 0.15) is 22.8 Å². The average molecular weight is 439 g/mol. The van der Waals surface area contributed by atoms with Gasteiger partial charge in [-0.05, 0) is 25.1 Å². The Morgan fingerprint density at radius 2 is 1.68 bits per heavy atom. The number of rotatable bonds is 4. The van der Waals surface area contributed by atoms with Crippen LogP contribution in [0, 0.1) is 0 Å². The highest BCUT2D eigenvalue weighted by molar-refractivity contribution is 6.03. The number of carbonyl (C=O) groups is 1. The van der Waals surface area contributed by atoms with Crippen molar-refractivity contribution in [3.05, 3.63) is 56.2 Å². The molecule has 0 bridgehead atoms. The number of carbonyl (C=O) groups excluding carboxylic acids is 1. The highest BCUT2D eigenvalue weighted by atomic mass is 19.4. The van der Waals surface area contributed by atoms with Gasteiger partial charge >= 0.3 is 11.9 Å². The van der Waals surface area contributed by atoms with Gasteiger partial charge in [0.05, 0.1) is 11.6 Å². The largest absolute Gasteiger partial charge is 0.416 e. The van der Waals surface area contributed by atoms with Crippen molar-refractivity contribution in [2.75, 3.05) is 36.8 Å². The van der Waals surface area contributed by atoms with Crippen LogP contribution in [-0.4, -0.2) is 52.0 Å². The molecule has 3 rings (SSSR count). The van der Waals surface area contributed by atoms with Crippen LogP contribution < -0.4 is 21.9 Å². The number of hydrogen-bond donors (Lipinski definition) is 1. The number of benzene rings is 1. The van der Waals surface area contributed by atoms with Crippen LogP contribution in [-0.2, 0) is 20.3 Å². The molecule has 0 aliphatic carbocycles. The molecule has 2 N–H and O–H groups in total. The molecule has 1 atom stereocenters. The first-order valence-electron chi connectivity index (χ1n) is 9.69. The standard InChI is InChI=1S/C20H24F3N5O3/c1-12(16(29)15-17(24)25(2)19(31)26(3)18(15)30)27-7-9-28(10-8-27)14-6-4-5-13(11-14)20(21,22)23/h4-6,11-12H,7-10,24H2,1-3H3/t12-/m1/s1. The number of Topliss-reactive ketones (excluding diaryl/α,β-unsaturated/α-hetero) is 1. The van der Waals surface area contributed by atoms with Crippen molar-refractivity contribution in [2.45, 2.75) is 19.1 Å². The summed E-state index contributed by atoms with van der Waals surface area (Å²) in [7, 11) is 2.66. The van der Waals surface area contributed by atoms with Crippen LogP contribution in [0.15, 0.2) is 33.9 Å². The number of nitrogens with two attached hydrogens (primary N) is 1. The van der Waals surface area contributed by atoms with Crippen molar-refractivity contribution < 1.29 is 18.0 Å². The van der Waals surface area contributed by atoms with E-state index >= 15 is 0 Å². The van der Waals surface area contributed by atoms with Crippen LogP contribution in [0.25, 0.3) is 0 Å². The minimum atomic E-state index is -4.42. The molecule has 31 heavy (non-hydrogen) atoms. The molecule has 1 aromatic carbocycles. The molecule has 11 heteroatoms. The SMILES string of the molecule is C[C@H](C(=O)c1c(N)n(C)c(=O)n(C)c1=O)N1CCN(c2cccc(C(F)(F)F)c2)CC1. The third-order valence-electron chi connectivity index (χ3n) is 5.74. The van der Waals surface area contributed by atoms with E-state index < -0.39 is 34.8 Å². The fourth-order valence-electron chi connectivity index (χ4n) is 3.71. The van der Waals surface area contributed by atoms with Crippen LogP contribution in [0.2, 0.25) is 0 Å². The van der Waals surface area contributed by atoms with E-state index in [2.05, 4.69) is 0 Å². The molecule has 0 saturated carbocycles. The summed E-state index contributed by atoms with van der Waals surface area (Å²) in [6, 6.07) is 4.44. The molecule has 0 radical (unpaired) electrons. The average Bonchev–Trinajstić information content (AvgIpc) is 2.75. The zero-order chi connectivity index (χ0) is 23.1. The van der Waals surface area contributed by atoms with E-state index in [-0.39, 0.29) is 11.4 Å². The molecule has 1 saturated heterocycles. The number of ketones is 1. The Balaban J connectivity index is 1.76. The Kier molecular flexibility index (Phi) is 5.99. The minimum Gasteiger partial charge on any atom is -0.384 e. The molecule has 0 unspecified atom stereocenters. The molecule has 1 aromatic heterocycles. The fourth-order valence-corrected chi connectivity index (χ4v) is 3.71. The molecule has 1 aliphatic rings. The van der Waals surface area contributed by atoms with Gasteiger partial charge in [0.25, 0.3) is 5.56 Å². The number of nitrogen functional groups attached to an aromatic ring is 1. The van der Waals surface area contributed by atoms with Gasteiger partial charge in [-0.25, -0.2) is 4.79 Å². The van der Waals surface area contributed by atoms with E-state index in [4.69, 9.17) is 5.73 Å². The number of alkyl halides is 3. The van der Waals surface area contributed by atoms with Crippen LogP contribution in [0.3, 0.4) is 0 Å². The van der Waals surface area contributed by atoms with E-state index in [1.54, 1.807) is 13.0 Å². The Bertz CT molecular complexity index is 1110. The number of aromatic nitrogens is 2. The predicted octanol–water partition coefficient (Wildman–Crippen LogP) is 1.08. The molecule has 1 fully saturated rings. The molecule has 0 amide bonds. The molecule has 8 nitrogen and oxygen atoms in total. The van der Waals surface area contributed by atoms with Crippen LogP contribution in [0.4, 0.5) is 24.7 Å². The van der Waals surface area contributed by atoms with E-state index in [0.717, 1.165) is 21.3 Å². The van der Waals surface area contributed by atoms with Crippen LogP contribution in [0.5, 0.6) is 0 Å². The zero-order valence-electron chi connectivity index (χ0n) is 17.4. The predicted molar refractivity (Wildman–Crippen MR) is 110 cm³/mol. The lowest BCUT2D eigenvalue weighted by Gasteiger charge is -2.38. The molecule has 2 heterocycles. The van der Waals surface area contributed by atoms with Gasteiger partial charge < -0.3 is 10.6 Å². The Hall–Kier alpha value is -3.08. The lowest BCUT2D eigenvalue weighted by Crippen LogP contribution is -2.53. The minimum absolute atomic E-state index is 0.187. The summed E-state index contributed by atoms with van der Waals surface area (Å²) in [6.45, 7) is 3.30. The van der Waals surface area contributed by atoms with Gasteiger partial charge in [0, 0.05) is 46.0 Å². The van der Waals surface area contributed by atoms with E-state index in [0.29, 0.717) is 31.9 Å². The van der Waals surface area contributed by atoms with Crippen molar-refractivity contribution in [1.82, 2.24) is 14.0 Å². The van der Waals surface area contributed by atoms with Crippen molar-refractivity contribution in [2.24, 2.45) is 14.1 Å². The van der Waals surface area contributed by atoms with Gasteiger partial charge in [0.2, 0.25) is 0 Å². The van der Waals surface area contributed by atoms with E-state index in [9.17, 15) is 27.6 Å². The van der Waals surface area contributed by atoms with Gasteiger partial charge in [-0.15, -0.1) is 0 Å². The van der Waals surface area contributed by atoms with Crippen LogP contribution >= 0.6 is 0 Å². The summed E-state index contributed by atoms with van der Waals surface area (Å²) in [5, 5.41) is 0. The summed E-state index contributed by atoms with van der Waals surface area (Å²) in [5.41, 5.74) is 4.02. The topological polar surface area (TPSA) is 93.6 Å². The lowest BCUT2D eigenvalue weighted by molar-refractivity contribution is -0.137. The van der Waals surface area contributed by atoms with Crippen molar-refractivity contribution in [1.29, 1.82) is 0 Å². The van der Waals surface area contributed by atoms with Crippen molar-refractivity contribution >= 4 is 17.3 Å². The third kappa shape index (κ3) is 4.22. The molecule has 0 spiro atoms. The number of piperazine rings is 1. The second kappa shape index (κ2) is 8.22. The summed E-state index contributed by atoms with van der Waals surface area (Å²) >= 11 is 0. The maximum absolute atomic E-state index is 13.0. The third-order valence-corrected chi connectivity index (χ3v) is 5.74. The molecule has 2 aromatic rings. The van der Waals surface area contributed by atoms with E-state index in [1.807, 2.05) is 9.80 Å². The summed E-state index contributed by atoms with van der Waals surface area (Å²) < 4.78 is 40.8. The molecule has 168 valence electrons. The van der Waals surface area contributed by atoms with E-state index in [1.165, 1.54) is 20.2 Å². The fraction of sp³-hybridized carbons (Fsp3) is 0.450. The first-order valence-corrected chi connectivity index (χ1v) is 9.69. The van der Waals surface area contributed by atoms with Gasteiger partial charge in [0.1, 0.15) is 11.4 Å². The monoisotopic (exact) mass is 439 g/mol. The summed E-state index contributed by atoms with van der Waals surface area (Å²) in [4.78, 5) is 41.1. The second-order valence-corrected chi connectivity index (χ2v) is 7.58. The maximum atomic E-state index is 13.0. The molecular formula is C20H24F3N5O3. The van der Waals surface area contributed by atoms with Crippen molar-refractivity contribution in [3.8, 4) is 0 Å². The van der Waals surface area contributed by atoms with Gasteiger partial charge in [-0.2, -0.15) is 13.2 Å². The molecular weight excluding hydrogens is 415 g/mol. The van der Waals surface area contributed by atoms with Gasteiger partial charge in [-0.1, -0.05) is 6.07 Å². The lowest BCUT2D eigenvalue weighted by atomic mass is 10.0. The normalized spacial score (nSPS) is 16.4. The second-order valence-electron chi connectivity index (χ2n) is 7.58. The Labute approximate surface area is 176 Å². The highest BCUT2D eigenvalue weighted by Gasteiger charge is 2.33. The Morgan fingerprint density at radius 1 is 1.06 bits per heavy atom. The number of anilines is 2. The number of hydrogen-bond acceptors (Lipinski definition) is 6. The first kappa shape index (κ1) is 22.6. The molecule has 1 aliphatic heterocycles. The quantitative estimate of drug-likeness (QED) is 0.717. The number of halogens is 3. The first-order chi connectivity index (χ1) is 14.4. The number of nitrogens with zero attached hydrogens (tertiary/aromatic N) is 4. The zero-order valence-corrected chi connectivity index (χ0v) is 17.4. The van der Waals surface area contributed by atoms with Crippen molar-refractivity contribution in [3.63, 3.8) is 0 Å². The maximum Gasteiger partial charge on any atom is 0.416 e. The highest BCUT2D eigenvalue weighted by Crippen LogP contribution is 2.32. The summed E-state index contributed by atoms with van der Waals surface area (Å²) in [6.07, 6.45) is -4.42. The smallest absolute Gasteiger partial charge is 0.384 e. The summed E-state index contributed by atoms with van der Waals surface area (Å²) in [5.74, 6) is -0.686. The Morgan fingerprint density at radius 3 is 2.26 bits per heavy atom.